The fourth-order valence-corrected chi connectivity index (χ4v) is 3.89. The van der Waals surface area contributed by atoms with Crippen LogP contribution in [0.1, 0.15) is 17.0 Å². The Labute approximate surface area is 113 Å². The quantitative estimate of drug-likeness (QED) is 0.875. The summed E-state index contributed by atoms with van der Waals surface area (Å²) in [7, 11) is -1.18. The van der Waals surface area contributed by atoms with Gasteiger partial charge in [0.1, 0.15) is 5.82 Å². The molecule has 0 spiro atoms. The van der Waals surface area contributed by atoms with Gasteiger partial charge >= 0.3 is 0 Å². The largest absolute Gasteiger partial charge is 0.398 e. The molecule has 0 fully saturated rings. The van der Waals surface area contributed by atoms with Crippen molar-refractivity contribution in [1.29, 1.82) is 0 Å². The van der Waals surface area contributed by atoms with Crippen LogP contribution in [0.15, 0.2) is 47.4 Å². The fraction of sp³-hybridized carbons (Fsp3) is 0.200. The predicted octanol–water partition coefficient (Wildman–Crippen LogP) is 2.86. The molecule has 0 saturated heterocycles. The third-order valence-electron chi connectivity index (χ3n) is 3.53. The Bertz CT molecular complexity index is 656. The van der Waals surface area contributed by atoms with E-state index in [-0.39, 0.29) is 5.69 Å². The number of halogens is 1. The number of hydrogen-bond donors (Lipinski definition) is 1. The number of nitrogen functional groups attached to an aromatic ring is 1. The van der Waals surface area contributed by atoms with Crippen LogP contribution in [0.3, 0.4) is 0 Å². The number of hydrogen-bond acceptors (Lipinski definition) is 2. The molecule has 1 aliphatic rings. The number of rotatable bonds is 3. The molecule has 3 rings (SSSR count). The van der Waals surface area contributed by atoms with Gasteiger partial charge in [-0.1, -0.05) is 24.3 Å². The summed E-state index contributed by atoms with van der Waals surface area (Å²) in [6.45, 7) is 0. The van der Waals surface area contributed by atoms with Gasteiger partial charge in [-0.3, -0.25) is 4.21 Å². The Morgan fingerprint density at radius 1 is 1.26 bits per heavy atom. The Morgan fingerprint density at radius 3 is 2.79 bits per heavy atom. The minimum atomic E-state index is -1.18. The topological polar surface area (TPSA) is 43.1 Å². The average molecular weight is 275 g/mol. The molecule has 2 aromatic rings. The molecule has 0 radical (unpaired) electrons. The Morgan fingerprint density at radius 2 is 2.05 bits per heavy atom. The lowest BCUT2D eigenvalue weighted by Gasteiger charge is -2.29. The van der Waals surface area contributed by atoms with Crippen molar-refractivity contribution >= 4 is 16.5 Å². The van der Waals surface area contributed by atoms with E-state index >= 15 is 0 Å². The highest BCUT2D eigenvalue weighted by Crippen LogP contribution is 2.36. The van der Waals surface area contributed by atoms with Crippen molar-refractivity contribution in [3.05, 3.63) is 59.4 Å². The average Bonchev–Trinajstić information content (AvgIpc) is 2.35. The number of benzene rings is 2. The molecule has 0 bridgehead atoms. The first kappa shape index (κ1) is 12.4. The highest BCUT2D eigenvalue weighted by molar-refractivity contribution is 7.85. The van der Waals surface area contributed by atoms with Gasteiger partial charge in [0.2, 0.25) is 0 Å². The summed E-state index contributed by atoms with van der Waals surface area (Å²) in [5.74, 6) is 0.473. The zero-order chi connectivity index (χ0) is 13.4. The lowest BCUT2D eigenvalue weighted by Crippen LogP contribution is -2.22. The van der Waals surface area contributed by atoms with Gasteiger partial charge in [-0.05, 0) is 35.7 Å². The summed E-state index contributed by atoms with van der Waals surface area (Å²) in [5, 5.41) is 0. The zero-order valence-corrected chi connectivity index (χ0v) is 11.1. The van der Waals surface area contributed by atoms with E-state index in [4.69, 9.17) is 5.73 Å². The van der Waals surface area contributed by atoms with Crippen LogP contribution in [-0.2, 0) is 17.2 Å². The third kappa shape index (κ3) is 2.28. The van der Waals surface area contributed by atoms with Crippen LogP contribution >= 0.6 is 0 Å². The van der Waals surface area contributed by atoms with Gasteiger partial charge in [-0.15, -0.1) is 0 Å². The standard InChI is InChI=1S/C15H14FNOS/c16-12-5-6-15(14(17)8-12)19(18)9-11-7-10-3-1-2-4-13(10)11/h1-6,8,11H,7,9,17H2. The molecule has 2 aromatic carbocycles. The van der Waals surface area contributed by atoms with Gasteiger partial charge < -0.3 is 5.73 Å². The van der Waals surface area contributed by atoms with Crippen LogP contribution in [0.5, 0.6) is 0 Å². The molecule has 0 aliphatic heterocycles. The lowest BCUT2D eigenvalue weighted by molar-refractivity contribution is 0.626. The van der Waals surface area contributed by atoms with Crippen molar-refractivity contribution in [2.75, 3.05) is 11.5 Å². The second-order valence-corrected chi connectivity index (χ2v) is 6.26. The van der Waals surface area contributed by atoms with Gasteiger partial charge in [-0.2, -0.15) is 0 Å². The van der Waals surface area contributed by atoms with E-state index in [1.165, 1.54) is 29.3 Å². The smallest absolute Gasteiger partial charge is 0.125 e. The van der Waals surface area contributed by atoms with Gasteiger partial charge in [0.15, 0.2) is 0 Å². The molecular formula is C15H14FNOS. The van der Waals surface area contributed by atoms with Gasteiger partial charge in [0.25, 0.3) is 0 Å². The van der Waals surface area contributed by atoms with E-state index < -0.39 is 16.6 Å². The lowest BCUT2D eigenvalue weighted by atomic mass is 9.79. The van der Waals surface area contributed by atoms with Crippen LogP contribution < -0.4 is 5.73 Å². The molecule has 0 aromatic heterocycles. The third-order valence-corrected chi connectivity index (χ3v) is 5.10. The summed E-state index contributed by atoms with van der Waals surface area (Å²) < 4.78 is 25.3. The summed E-state index contributed by atoms with van der Waals surface area (Å²) in [6, 6.07) is 12.2. The minimum Gasteiger partial charge on any atom is -0.398 e. The van der Waals surface area contributed by atoms with Gasteiger partial charge in [0.05, 0.1) is 21.4 Å². The van der Waals surface area contributed by atoms with Crippen molar-refractivity contribution in [2.45, 2.75) is 17.2 Å². The van der Waals surface area contributed by atoms with Crippen molar-refractivity contribution in [3.8, 4) is 0 Å². The fourth-order valence-electron chi connectivity index (χ4n) is 2.51. The molecule has 0 saturated carbocycles. The van der Waals surface area contributed by atoms with E-state index in [1.807, 2.05) is 12.1 Å². The van der Waals surface area contributed by atoms with Crippen LogP contribution in [-0.4, -0.2) is 9.96 Å². The Hall–Kier alpha value is -1.68. The summed E-state index contributed by atoms with van der Waals surface area (Å²) in [4.78, 5) is 0.533. The Balaban J connectivity index is 1.77. The van der Waals surface area contributed by atoms with Crippen molar-refractivity contribution in [3.63, 3.8) is 0 Å². The number of anilines is 1. The van der Waals surface area contributed by atoms with E-state index in [0.717, 1.165) is 6.42 Å². The molecule has 19 heavy (non-hydrogen) atoms. The summed E-state index contributed by atoms with van der Waals surface area (Å²) >= 11 is 0. The first-order valence-electron chi connectivity index (χ1n) is 6.16. The molecular weight excluding hydrogens is 261 g/mol. The molecule has 0 amide bonds. The number of nitrogens with two attached hydrogens (primary N) is 1. The molecule has 2 nitrogen and oxygen atoms in total. The monoisotopic (exact) mass is 275 g/mol. The molecule has 2 N–H and O–H groups in total. The molecule has 2 unspecified atom stereocenters. The minimum absolute atomic E-state index is 0.269. The second-order valence-electron chi connectivity index (χ2n) is 4.79. The van der Waals surface area contributed by atoms with Crippen molar-refractivity contribution in [2.24, 2.45) is 0 Å². The second kappa shape index (κ2) is 4.78. The van der Waals surface area contributed by atoms with Crippen LogP contribution in [0.2, 0.25) is 0 Å². The molecule has 1 aliphatic carbocycles. The summed E-state index contributed by atoms with van der Waals surface area (Å²) in [6.07, 6.45) is 0.961. The first-order valence-corrected chi connectivity index (χ1v) is 7.48. The molecule has 0 heterocycles. The molecule has 2 atom stereocenters. The van der Waals surface area contributed by atoms with Crippen molar-refractivity contribution < 1.29 is 8.60 Å². The molecule has 98 valence electrons. The van der Waals surface area contributed by atoms with E-state index in [1.54, 1.807) is 0 Å². The van der Waals surface area contributed by atoms with E-state index in [9.17, 15) is 8.60 Å². The van der Waals surface area contributed by atoms with Crippen molar-refractivity contribution in [1.82, 2.24) is 0 Å². The normalized spacial score (nSPS) is 18.5. The van der Waals surface area contributed by atoms with Crippen LogP contribution in [0.25, 0.3) is 0 Å². The zero-order valence-electron chi connectivity index (χ0n) is 10.3. The molecule has 4 heteroatoms. The maximum atomic E-state index is 13.0. The maximum Gasteiger partial charge on any atom is 0.125 e. The van der Waals surface area contributed by atoms with Gasteiger partial charge in [-0.25, -0.2) is 4.39 Å². The van der Waals surface area contributed by atoms with E-state index in [2.05, 4.69) is 12.1 Å². The highest BCUT2D eigenvalue weighted by atomic mass is 32.2. The SMILES string of the molecule is Nc1cc(F)ccc1S(=O)CC1Cc2ccccc21. The Kier molecular flexibility index (Phi) is 3.11. The highest BCUT2D eigenvalue weighted by Gasteiger charge is 2.27. The maximum absolute atomic E-state index is 13.0. The van der Waals surface area contributed by atoms with Gasteiger partial charge in [0, 0.05) is 11.7 Å². The van der Waals surface area contributed by atoms with E-state index in [0.29, 0.717) is 16.6 Å². The van der Waals surface area contributed by atoms with Crippen LogP contribution in [0, 0.1) is 5.82 Å². The predicted molar refractivity (Wildman–Crippen MR) is 75.0 cm³/mol. The number of fused-ring (bicyclic) bond motifs is 1. The van der Waals surface area contributed by atoms with Crippen LogP contribution in [0.4, 0.5) is 10.1 Å². The first-order chi connectivity index (χ1) is 9.15. The summed E-state index contributed by atoms with van der Waals surface area (Å²) in [5.41, 5.74) is 8.59.